The Hall–Kier alpha value is -2.83. The van der Waals surface area contributed by atoms with Crippen LogP contribution >= 0.6 is 0 Å². The number of methoxy groups -OCH3 is 2. The second-order valence-corrected chi connectivity index (χ2v) is 4.58. The van der Waals surface area contributed by atoms with Gasteiger partial charge in [-0.2, -0.15) is 0 Å². The Morgan fingerprint density at radius 3 is 2.41 bits per heavy atom. The topological polar surface area (TPSA) is 93.7 Å². The van der Waals surface area contributed by atoms with Crippen molar-refractivity contribution in [2.45, 2.75) is 12.5 Å². The first-order valence-corrected chi connectivity index (χ1v) is 6.57. The lowest BCUT2D eigenvalue weighted by Gasteiger charge is -2.28. The van der Waals surface area contributed by atoms with Gasteiger partial charge in [0, 0.05) is 5.70 Å². The molecule has 1 atom stereocenters. The highest BCUT2D eigenvalue weighted by atomic mass is 16.5. The van der Waals surface area contributed by atoms with Crippen LogP contribution in [0.5, 0.6) is 0 Å². The lowest BCUT2D eigenvalue weighted by Crippen LogP contribution is -2.46. The SMILES string of the molecule is COC(=O)CC1=C(C(=O)OC)[C@@H](c2ccccc2)NC(=O)N1. The van der Waals surface area contributed by atoms with Gasteiger partial charge in [0.25, 0.3) is 0 Å². The van der Waals surface area contributed by atoms with Crippen LogP contribution in [0.1, 0.15) is 18.0 Å². The predicted molar refractivity (Wildman–Crippen MR) is 76.5 cm³/mol. The fraction of sp³-hybridized carbons (Fsp3) is 0.267. The zero-order chi connectivity index (χ0) is 16.1. The van der Waals surface area contributed by atoms with Crippen LogP contribution in [0.15, 0.2) is 41.6 Å². The van der Waals surface area contributed by atoms with Crippen LogP contribution in [0.4, 0.5) is 4.79 Å². The molecule has 0 saturated heterocycles. The van der Waals surface area contributed by atoms with Gasteiger partial charge in [0.15, 0.2) is 0 Å². The van der Waals surface area contributed by atoms with Crippen molar-refractivity contribution in [2.24, 2.45) is 0 Å². The Bertz CT molecular complexity index is 624. The van der Waals surface area contributed by atoms with Gasteiger partial charge in [-0.25, -0.2) is 9.59 Å². The smallest absolute Gasteiger partial charge is 0.337 e. The maximum atomic E-state index is 12.1. The third-order valence-electron chi connectivity index (χ3n) is 3.24. The summed E-state index contributed by atoms with van der Waals surface area (Å²) in [5.74, 6) is -1.19. The summed E-state index contributed by atoms with van der Waals surface area (Å²) in [4.78, 5) is 35.4. The summed E-state index contributed by atoms with van der Waals surface area (Å²) in [6.07, 6.45) is -0.225. The Balaban J connectivity index is 2.50. The van der Waals surface area contributed by atoms with Crippen LogP contribution in [0.3, 0.4) is 0 Å². The number of hydrogen-bond donors (Lipinski definition) is 2. The van der Waals surface area contributed by atoms with E-state index in [2.05, 4.69) is 15.4 Å². The monoisotopic (exact) mass is 304 g/mol. The maximum absolute atomic E-state index is 12.1. The highest BCUT2D eigenvalue weighted by Gasteiger charge is 2.34. The zero-order valence-electron chi connectivity index (χ0n) is 12.2. The molecule has 0 spiro atoms. The van der Waals surface area contributed by atoms with E-state index in [0.717, 1.165) is 0 Å². The van der Waals surface area contributed by atoms with E-state index in [4.69, 9.17) is 4.74 Å². The largest absolute Gasteiger partial charge is 0.469 e. The average molecular weight is 304 g/mol. The quantitative estimate of drug-likeness (QED) is 0.810. The van der Waals surface area contributed by atoms with E-state index in [9.17, 15) is 14.4 Å². The van der Waals surface area contributed by atoms with E-state index in [-0.39, 0.29) is 17.7 Å². The van der Waals surface area contributed by atoms with Crippen LogP contribution in [-0.2, 0) is 19.1 Å². The first-order valence-electron chi connectivity index (χ1n) is 6.57. The van der Waals surface area contributed by atoms with Crippen molar-refractivity contribution in [3.63, 3.8) is 0 Å². The molecule has 116 valence electrons. The molecule has 7 nitrogen and oxygen atoms in total. The molecule has 0 aromatic heterocycles. The van der Waals surface area contributed by atoms with Gasteiger partial charge >= 0.3 is 18.0 Å². The Morgan fingerprint density at radius 1 is 1.14 bits per heavy atom. The number of urea groups is 1. The minimum Gasteiger partial charge on any atom is -0.469 e. The average Bonchev–Trinajstić information content (AvgIpc) is 2.54. The third kappa shape index (κ3) is 3.25. The molecule has 2 N–H and O–H groups in total. The van der Waals surface area contributed by atoms with Crippen molar-refractivity contribution in [1.82, 2.24) is 10.6 Å². The summed E-state index contributed by atoms with van der Waals surface area (Å²) < 4.78 is 9.38. The summed E-state index contributed by atoms with van der Waals surface area (Å²) in [6.45, 7) is 0. The number of rotatable bonds is 4. The van der Waals surface area contributed by atoms with Crippen molar-refractivity contribution < 1.29 is 23.9 Å². The molecule has 1 aliphatic rings. The van der Waals surface area contributed by atoms with E-state index >= 15 is 0 Å². The molecule has 0 aliphatic carbocycles. The van der Waals surface area contributed by atoms with E-state index < -0.39 is 24.0 Å². The number of nitrogens with one attached hydrogen (secondary N) is 2. The standard InChI is InChI=1S/C15H16N2O5/c1-21-11(18)8-10-12(14(19)22-2)13(17-15(20)16-10)9-6-4-3-5-7-9/h3-7,13H,8H2,1-2H3,(H2,16,17,20)/t13-/m1/s1. The predicted octanol–water partition coefficient (Wildman–Crippen LogP) is 1.03. The van der Waals surface area contributed by atoms with Crippen molar-refractivity contribution in [2.75, 3.05) is 14.2 Å². The van der Waals surface area contributed by atoms with Crippen LogP contribution < -0.4 is 10.6 Å². The lowest BCUT2D eigenvalue weighted by atomic mass is 9.94. The van der Waals surface area contributed by atoms with Crippen molar-refractivity contribution >= 4 is 18.0 Å². The summed E-state index contributed by atoms with van der Waals surface area (Å²) in [6, 6.07) is 7.76. The number of benzene rings is 1. The van der Waals surface area contributed by atoms with E-state index in [1.54, 1.807) is 24.3 Å². The Kier molecular flexibility index (Phi) is 4.77. The number of esters is 2. The van der Waals surface area contributed by atoms with Crippen molar-refractivity contribution in [3.05, 3.63) is 47.2 Å². The highest BCUT2D eigenvalue weighted by Crippen LogP contribution is 2.28. The molecule has 22 heavy (non-hydrogen) atoms. The van der Waals surface area contributed by atoms with Gasteiger partial charge in [-0.1, -0.05) is 30.3 Å². The molecule has 0 unspecified atom stereocenters. The van der Waals surface area contributed by atoms with E-state index in [1.807, 2.05) is 6.07 Å². The van der Waals surface area contributed by atoms with Gasteiger partial charge in [-0.15, -0.1) is 0 Å². The molecular weight excluding hydrogens is 288 g/mol. The lowest BCUT2D eigenvalue weighted by molar-refractivity contribution is -0.139. The Morgan fingerprint density at radius 2 is 1.82 bits per heavy atom. The van der Waals surface area contributed by atoms with Crippen LogP contribution in [0.2, 0.25) is 0 Å². The molecule has 0 saturated carbocycles. The van der Waals surface area contributed by atoms with Gasteiger partial charge < -0.3 is 20.1 Å². The van der Waals surface area contributed by atoms with E-state index in [1.165, 1.54) is 14.2 Å². The van der Waals surface area contributed by atoms with Crippen molar-refractivity contribution in [3.8, 4) is 0 Å². The van der Waals surface area contributed by atoms with Gasteiger partial charge in [-0.3, -0.25) is 4.79 Å². The molecule has 0 fully saturated rings. The maximum Gasteiger partial charge on any atom is 0.337 e. The molecule has 0 radical (unpaired) electrons. The Labute approximate surface area is 127 Å². The van der Waals surface area contributed by atoms with Gasteiger partial charge in [0.1, 0.15) is 0 Å². The van der Waals surface area contributed by atoms with Crippen LogP contribution in [-0.4, -0.2) is 32.2 Å². The summed E-state index contributed by atoms with van der Waals surface area (Å²) in [7, 11) is 2.47. The first kappa shape index (κ1) is 15.6. The molecule has 1 aromatic rings. The van der Waals surface area contributed by atoms with Crippen LogP contribution in [0.25, 0.3) is 0 Å². The summed E-state index contributed by atoms with van der Waals surface area (Å²) >= 11 is 0. The number of carbonyl (C=O) groups excluding carboxylic acids is 3. The number of hydrogen-bond acceptors (Lipinski definition) is 5. The van der Waals surface area contributed by atoms with Crippen molar-refractivity contribution in [1.29, 1.82) is 0 Å². The summed E-state index contributed by atoms with van der Waals surface area (Å²) in [5.41, 5.74) is 1.06. The highest BCUT2D eigenvalue weighted by molar-refractivity contribution is 5.96. The molecular formula is C15H16N2O5. The normalized spacial score (nSPS) is 17.4. The minimum atomic E-state index is -0.693. The number of ether oxygens (including phenoxy) is 2. The first-order chi connectivity index (χ1) is 10.6. The molecule has 0 bridgehead atoms. The van der Waals surface area contributed by atoms with E-state index in [0.29, 0.717) is 5.56 Å². The fourth-order valence-corrected chi connectivity index (χ4v) is 2.22. The second kappa shape index (κ2) is 6.75. The molecule has 7 heteroatoms. The second-order valence-electron chi connectivity index (χ2n) is 4.58. The van der Waals surface area contributed by atoms with Gasteiger partial charge in [-0.05, 0) is 5.56 Å². The third-order valence-corrected chi connectivity index (χ3v) is 3.24. The minimum absolute atomic E-state index is 0.177. The van der Waals surface area contributed by atoms with Gasteiger partial charge in [0.05, 0.1) is 32.3 Å². The molecule has 1 aromatic carbocycles. The molecule has 2 rings (SSSR count). The molecule has 1 heterocycles. The molecule has 1 aliphatic heterocycles. The number of amides is 2. The van der Waals surface area contributed by atoms with Gasteiger partial charge in [0.2, 0.25) is 0 Å². The summed E-state index contributed by atoms with van der Waals surface area (Å²) in [5, 5.41) is 5.13. The zero-order valence-corrected chi connectivity index (χ0v) is 12.2. The van der Waals surface area contributed by atoms with Crippen LogP contribution in [0, 0.1) is 0 Å². The molecule has 2 amide bonds. The fourth-order valence-electron chi connectivity index (χ4n) is 2.22. The number of carbonyl (C=O) groups is 3.